The molecule has 39 heavy (non-hydrogen) atoms. The standard InChI is InChI=1S/C19H15BrCl2O.C11H8N2O3/c20-12-3-6-15-17(9-12)23-18(11-19(15)7-1-2-8-19)14-5-4-13(21)10-16(14)22;14-11(15)10-7-5-16-8-4-2-1-3-6(8)9(7)12-13-10/h3-6,9-11H,1-2,7-8H2;1-4H,5H2,(H,12,13)(H,14,15). The second-order valence-corrected chi connectivity index (χ2v) is 11.5. The summed E-state index contributed by atoms with van der Waals surface area (Å²) in [6.45, 7) is 0.241. The van der Waals surface area contributed by atoms with E-state index in [0.29, 0.717) is 21.3 Å². The summed E-state index contributed by atoms with van der Waals surface area (Å²) < 4.78 is 12.7. The lowest BCUT2D eigenvalue weighted by Gasteiger charge is -2.34. The van der Waals surface area contributed by atoms with Crippen LogP contribution in [0.2, 0.25) is 10.0 Å². The van der Waals surface area contributed by atoms with Gasteiger partial charge < -0.3 is 14.6 Å². The van der Waals surface area contributed by atoms with Gasteiger partial charge in [0.15, 0.2) is 5.69 Å². The third-order valence-electron chi connectivity index (χ3n) is 7.39. The molecule has 198 valence electrons. The summed E-state index contributed by atoms with van der Waals surface area (Å²) in [5.41, 5.74) is 4.44. The van der Waals surface area contributed by atoms with Crippen molar-refractivity contribution in [2.24, 2.45) is 0 Å². The Morgan fingerprint density at radius 2 is 1.79 bits per heavy atom. The maximum Gasteiger partial charge on any atom is 0.354 e. The van der Waals surface area contributed by atoms with Gasteiger partial charge in [-0.05, 0) is 61.4 Å². The van der Waals surface area contributed by atoms with Gasteiger partial charge in [0.1, 0.15) is 29.6 Å². The SMILES string of the molecule is Clc1ccc(C2=CC3(CCCC3)c3ccc(Br)cc3O2)c(Cl)c1.O=C(O)c1[nH]nc2c1COc1ccccc1-2. The average molecular weight is 626 g/mol. The first-order valence-corrected chi connectivity index (χ1v) is 14.1. The molecule has 7 rings (SSSR count). The third-order valence-corrected chi connectivity index (χ3v) is 8.44. The van der Waals surface area contributed by atoms with Crippen molar-refractivity contribution < 1.29 is 19.4 Å². The molecule has 1 aliphatic carbocycles. The van der Waals surface area contributed by atoms with Gasteiger partial charge in [-0.15, -0.1) is 0 Å². The van der Waals surface area contributed by atoms with Gasteiger partial charge in [-0.3, -0.25) is 5.10 Å². The van der Waals surface area contributed by atoms with Gasteiger partial charge in [0.25, 0.3) is 0 Å². The fourth-order valence-corrected chi connectivity index (χ4v) is 6.40. The Morgan fingerprint density at radius 3 is 2.56 bits per heavy atom. The van der Waals surface area contributed by atoms with Gasteiger partial charge in [-0.1, -0.05) is 70.2 Å². The van der Waals surface area contributed by atoms with Crippen LogP contribution >= 0.6 is 39.1 Å². The lowest BCUT2D eigenvalue weighted by Crippen LogP contribution is -2.25. The van der Waals surface area contributed by atoms with E-state index >= 15 is 0 Å². The van der Waals surface area contributed by atoms with E-state index in [0.717, 1.165) is 45.7 Å². The number of aromatic amines is 1. The molecule has 3 heterocycles. The number of carboxylic acids is 1. The lowest BCUT2D eigenvalue weighted by molar-refractivity contribution is 0.0687. The molecular formula is C30H23BrCl2N2O4. The number of carbonyl (C=O) groups is 1. The van der Waals surface area contributed by atoms with E-state index in [1.807, 2.05) is 42.5 Å². The van der Waals surface area contributed by atoms with E-state index in [4.69, 9.17) is 37.8 Å². The van der Waals surface area contributed by atoms with Crippen LogP contribution in [-0.2, 0) is 12.0 Å². The van der Waals surface area contributed by atoms with Crippen molar-refractivity contribution in [2.75, 3.05) is 0 Å². The van der Waals surface area contributed by atoms with Crippen LogP contribution < -0.4 is 9.47 Å². The first-order valence-electron chi connectivity index (χ1n) is 12.5. The summed E-state index contributed by atoms with van der Waals surface area (Å²) >= 11 is 16.0. The molecule has 2 N–H and O–H groups in total. The molecule has 6 nitrogen and oxygen atoms in total. The highest BCUT2D eigenvalue weighted by atomic mass is 79.9. The second-order valence-electron chi connectivity index (χ2n) is 9.75. The predicted molar refractivity (Wildman–Crippen MR) is 155 cm³/mol. The van der Waals surface area contributed by atoms with Crippen molar-refractivity contribution in [1.29, 1.82) is 0 Å². The van der Waals surface area contributed by atoms with Crippen LogP contribution in [-0.4, -0.2) is 21.3 Å². The first-order chi connectivity index (χ1) is 18.8. The van der Waals surface area contributed by atoms with E-state index in [2.05, 4.69) is 44.3 Å². The van der Waals surface area contributed by atoms with Crippen molar-refractivity contribution in [3.63, 3.8) is 0 Å². The molecule has 0 atom stereocenters. The molecule has 0 bridgehead atoms. The molecule has 1 aromatic heterocycles. The minimum Gasteiger partial charge on any atom is -0.488 e. The number of fused-ring (bicyclic) bond motifs is 5. The molecule has 2 aliphatic heterocycles. The number of H-pyrrole nitrogens is 1. The van der Waals surface area contributed by atoms with Crippen LogP contribution in [0.25, 0.3) is 17.0 Å². The predicted octanol–water partition coefficient (Wildman–Crippen LogP) is 8.67. The summed E-state index contributed by atoms with van der Waals surface area (Å²) in [6.07, 6.45) is 7.06. The van der Waals surface area contributed by atoms with Crippen molar-refractivity contribution in [1.82, 2.24) is 10.2 Å². The van der Waals surface area contributed by atoms with E-state index in [-0.39, 0.29) is 17.7 Å². The number of aromatic nitrogens is 2. The zero-order valence-electron chi connectivity index (χ0n) is 20.6. The van der Waals surface area contributed by atoms with E-state index in [1.54, 1.807) is 6.07 Å². The summed E-state index contributed by atoms with van der Waals surface area (Å²) in [5, 5.41) is 16.8. The minimum absolute atomic E-state index is 0.0621. The van der Waals surface area contributed by atoms with Crippen LogP contribution in [0.4, 0.5) is 0 Å². The zero-order chi connectivity index (χ0) is 27.1. The van der Waals surface area contributed by atoms with E-state index in [9.17, 15) is 4.79 Å². The Balaban J connectivity index is 0.000000151. The fraction of sp³-hybridized carbons (Fsp3) is 0.200. The Morgan fingerprint density at radius 1 is 1.00 bits per heavy atom. The molecule has 9 heteroatoms. The number of aromatic carboxylic acids is 1. The number of para-hydroxylation sites is 1. The van der Waals surface area contributed by atoms with Gasteiger partial charge in [-0.25, -0.2) is 4.79 Å². The zero-order valence-corrected chi connectivity index (χ0v) is 23.7. The van der Waals surface area contributed by atoms with E-state index < -0.39 is 5.97 Å². The van der Waals surface area contributed by atoms with Crippen LogP contribution in [0.5, 0.6) is 11.5 Å². The number of allylic oxidation sites excluding steroid dienone is 1. The molecule has 1 spiro atoms. The van der Waals surface area contributed by atoms with Gasteiger partial charge in [0, 0.05) is 31.6 Å². The highest BCUT2D eigenvalue weighted by Crippen LogP contribution is 2.51. The number of nitrogens with zero attached hydrogens (tertiary/aromatic N) is 1. The molecule has 4 aromatic rings. The van der Waals surface area contributed by atoms with Crippen molar-refractivity contribution >= 4 is 50.9 Å². The third kappa shape index (κ3) is 4.84. The Labute approximate surface area is 243 Å². The molecule has 1 fully saturated rings. The van der Waals surface area contributed by atoms with Gasteiger partial charge in [0.2, 0.25) is 0 Å². The van der Waals surface area contributed by atoms with E-state index in [1.165, 1.54) is 18.4 Å². The number of hydrogen-bond acceptors (Lipinski definition) is 4. The fourth-order valence-electron chi connectivity index (χ4n) is 5.55. The molecule has 0 unspecified atom stereocenters. The largest absolute Gasteiger partial charge is 0.488 e. The lowest BCUT2D eigenvalue weighted by atomic mass is 9.76. The first kappa shape index (κ1) is 26.0. The normalized spacial score (nSPS) is 16.0. The van der Waals surface area contributed by atoms with Crippen LogP contribution in [0, 0.1) is 0 Å². The highest BCUT2D eigenvalue weighted by molar-refractivity contribution is 9.10. The molecule has 0 amide bonds. The molecule has 0 saturated heterocycles. The number of hydrogen-bond donors (Lipinski definition) is 2. The maximum absolute atomic E-state index is 10.9. The summed E-state index contributed by atoms with van der Waals surface area (Å²) in [5.74, 6) is 1.47. The molecule has 3 aliphatic rings. The van der Waals surface area contributed by atoms with Crippen LogP contribution in [0.3, 0.4) is 0 Å². The number of nitrogens with one attached hydrogen (secondary N) is 1. The minimum atomic E-state index is -1.02. The summed E-state index contributed by atoms with van der Waals surface area (Å²) in [4.78, 5) is 10.9. The topological polar surface area (TPSA) is 84.4 Å². The highest BCUT2D eigenvalue weighted by Gasteiger charge is 2.40. The molecular weight excluding hydrogens is 603 g/mol. The summed E-state index contributed by atoms with van der Waals surface area (Å²) in [6, 6.07) is 19.3. The van der Waals surface area contributed by atoms with Crippen LogP contribution in [0.1, 0.15) is 52.9 Å². The quantitative estimate of drug-likeness (QED) is 0.233. The maximum atomic E-state index is 10.9. The monoisotopic (exact) mass is 624 g/mol. The Kier molecular flexibility index (Phi) is 6.91. The number of carboxylic acid groups (broad SMARTS) is 1. The summed E-state index contributed by atoms with van der Waals surface area (Å²) in [7, 11) is 0. The smallest absolute Gasteiger partial charge is 0.354 e. The number of benzene rings is 3. The molecule has 1 saturated carbocycles. The number of halogens is 3. The molecule has 3 aromatic carbocycles. The van der Waals surface area contributed by atoms with Crippen molar-refractivity contribution in [2.45, 2.75) is 37.7 Å². The van der Waals surface area contributed by atoms with Crippen molar-refractivity contribution in [3.8, 4) is 22.8 Å². The van der Waals surface area contributed by atoms with Crippen LogP contribution in [0.15, 0.2) is 71.2 Å². The number of rotatable bonds is 2. The number of ether oxygens (including phenoxy) is 2. The van der Waals surface area contributed by atoms with Gasteiger partial charge in [0.05, 0.1) is 10.6 Å². The Bertz CT molecular complexity index is 1630. The van der Waals surface area contributed by atoms with Gasteiger partial charge >= 0.3 is 5.97 Å². The van der Waals surface area contributed by atoms with Gasteiger partial charge in [-0.2, -0.15) is 5.10 Å². The second kappa shape index (κ2) is 10.4. The molecule has 0 radical (unpaired) electrons. The average Bonchev–Trinajstić information content (AvgIpc) is 3.57. The Hall–Kier alpha value is -3.26. The van der Waals surface area contributed by atoms with Crippen molar-refractivity contribution in [3.05, 3.63) is 104 Å².